The molecule has 1 atom stereocenters. The largest absolute Gasteiger partial charge is 0.351 e. The molecule has 0 aliphatic carbocycles. The van der Waals surface area contributed by atoms with Crippen molar-refractivity contribution in [2.24, 2.45) is 0 Å². The lowest BCUT2D eigenvalue weighted by atomic mass is 10.4. The number of rotatable bonds is 4. The number of halogens is 1. The normalized spacial score (nSPS) is 12.7. The fourth-order valence-corrected chi connectivity index (χ4v) is 3.15. The lowest BCUT2D eigenvalue weighted by Gasteiger charge is -2.08. The van der Waals surface area contributed by atoms with Gasteiger partial charge in [-0.25, -0.2) is 4.98 Å². The summed E-state index contributed by atoms with van der Waals surface area (Å²) in [5.74, 6) is 0. The van der Waals surface area contributed by atoms with Crippen molar-refractivity contribution >= 4 is 43.7 Å². The highest BCUT2D eigenvalue weighted by Gasteiger charge is 2.12. The first-order chi connectivity index (χ1) is 7.69. The van der Waals surface area contributed by atoms with Crippen LogP contribution >= 0.6 is 38.6 Å². The van der Waals surface area contributed by atoms with Gasteiger partial charge in [-0.15, -0.1) is 21.5 Å². The van der Waals surface area contributed by atoms with Crippen LogP contribution in [0.25, 0.3) is 0 Å². The van der Waals surface area contributed by atoms with Crippen molar-refractivity contribution < 1.29 is 0 Å². The monoisotopic (exact) mass is 318 g/mol. The molecule has 16 heavy (non-hydrogen) atoms. The maximum atomic E-state index is 4.39. The zero-order valence-corrected chi connectivity index (χ0v) is 12.1. The lowest BCUT2D eigenvalue weighted by molar-refractivity contribution is 0.859. The Morgan fingerprint density at radius 2 is 2.25 bits per heavy atom. The molecular weight excluding hydrogens is 308 g/mol. The number of hydrogen-bond donors (Lipinski definition) is 1. The van der Waals surface area contributed by atoms with Crippen LogP contribution in [0.1, 0.15) is 29.8 Å². The number of thiazole rings is 1. The molecule has 0 saturated carbocycles. The minimum absolute atomic E-state index is 0.171. The Morgan fingerprint density at radius 3 is 2.81 bits per heavy atom. The van der Waals surface area contributed by atoms with E-state index in [9.17, 15) is 0 Å². The zero-order valence-electron chi connectivity index (χ0n) is 8.90. The van der Waals surface area contributed by atoms with Gasteiger partial charge >= 0.3 is 0 Å². The first-order valence-corrected chi connectivity index (χ1v) is 7.31. The van der Waals surface area contributed by atoms with Gasteiger partial charge in [-0.05, 0) is 29.3 Å². The highest BCUT2D eigenvalue weighted by atomic mass is 79.9. The molecule has 0 radical (unpaired) electrons. The fourth-order valence-electron chi connectivity index (χ4n) is 1.20. The molecule has 0 bridgehead atoms. The van der Waals surface area contributed by atoms with Crippen LogP contribution in [0.3, 0.4) is 0 Å². The van der Waals surface area contributed by atoms with Crippen molar-refractivity contribution in [1.29, 1.82) is 0 Å². The Balaban J connectivity index is 2.05. The molecule has 2 aromatic rings. The van der Waals surface area contributed by atoms with Gasteiger partial charge in [-0.1, -0.05) is 18.3 Å². The van der Waals surface area contributed by atoms with E-state index in [4.69, 9.17) is 0 Å². The molecule has 1 unspecified atom stereocenters. The van der Waals surface area contributed by atoms with Gasteiger partial charge in [0.2, 0.25) is 5.13 Å². The molecular formula is C9H11BrN4S2. The third kappa shape index (κ3) is 2.78. The second kappa shape index (κ2) is 5.20. The van der Waals surface area contributed by atoms with E-state index in [0.29, 0.717) is 0 Å². The average molecular weight is 319 g/mol. The minimum atomic E-state index is 0.171. The third-order valence-corrected chi connectivity index (χ3v) is 4.64. The summed E-state index contributed by atoms with van der Waals surface area (Å²) in [6.45, 7) is 4.21. The molecule has 0 aliphatic heterocycles. The summed E-state index contributed by atoms with van der Waals surface area (Å²) >= 11 is 6.51. The minimum Gasteiger partial charge on any atom is -0.351 e. The van der Waals surface area contributed by atoms with Crippen LogP contribution in [-0.4, -0.2) is 15.2 Å². The van der Waals surface area contributed by atoms with Crippen molar-refractivity contribution in [2.45, 2.75) is 26.3 Å². The summed E-state index contributed by atoms with van der Waals surface area (Å²) in [5.41, 5.74) is 0. The van der Waals surface area contributed by atoms with Gasteiger partial charge in [0.15, 0.2) is 3.92 Å². The van der Waals surface area contributed by atoms with Gasteiger partial charge in [0.25, 0.3) is 0 Å². The Bertz CT molecular complexity index is 468. The van der Waals surface area contributed by atoms with E-state index in [1.54, 1.807) is 11.3 Å². The first kappa shape index (κ1) is 11.9. The van der Waals surface area contributed by atoms with Crippen molar-refractivity contribution in [3.63, 3.8) is 0 Å². The summed E-state index contributed by atoms with van der Waals surface area (Å²) < 4.78 is 0.788. The predicted octanol–water partition coefficient (Wildman–Crippen LogP) is 3.49. The quantitative estimate of drug-likeness (QED) is 0.937. The molecule has 0 fully saturated rings. The molecule has 2 heterocycles. The topological polar surface area (TPSA) is 50.7 Å². The maximum absolute atomic E-state index is 4.39. The van der Waals surface area contributed by atoms with Gasteiger partial charge in [0, 0.05) is 11.1 Å². The maximum Gasteiger partial charge on any atom is 0.207 e. The van der Waals surface area contributed by atoms with Crippen LogP contribution in [-0.2, 0) is 6.42 Å². The molecule has 0 saturated heterocycles. The Kier molecular flexibility index (Phi) is 3.88. The van der Waals surface area contributed by atoms with Crippen molar-refractivity contribution in [1.82, 2.24) is 15.2 Å². The summed E-state index contributed by atoms with van der Waals surface area (Å²) in [5, 5.41) is 13.1. The van der Waals surface area contributed by atoms with E-state index < -0.39 is 0 Å². The molecule has 0 aliphatic rings. The number of nitrogens with one attached hydrogen (secondary N) is 1. The van der Waals surface area contributed by atoms with Gasteiger partial charge in [-0.2, -0.15) is 0 Å². The second-order valence-corrected chi connectivity index (χ2v) is 6.64. The van der Waals surface area contributed by atoms with Crippen molar-refractivity contribution in [2.75, 3.05) is 5.32 Å². The molecule has 2 aromatic heterocycles. The number of hydrogen-bond acceptors (Lipinski definition) is 6. The molecule has 86 valence electrons. The summed E-state index contributed by atoms with van der Waals surface area (Å²) in [6, 6.07) is 0.171. The highest BCUT2D eigenvalue weighted by Crippen LogP contribution is 2.27. The van der Waals surface area contributed by atoms with E-state index in [-0.39, 0.29) is 6.04 Å². The Morgan fingerprint density at radius 1 is 1.44 bits per heavy atom. The van der Waals surface area contributed by atoms with Gasteiger partial charge < -0.3 is 5.32 Å². The zero-order chi connectivity index (χ0) is 11.5. The van der Waals surface area contributed by atoms with Crippen LogP contribution in [0.2, 0.25) is 0 Å². The number of anilines is 1. The molecule has 0 spiro atoms. The standard InChI is InChI=1S/C9H11BrN4S2/c1-3-6-4-11-7(15-6)5(2)12-9-14-13-8(10)16-9/h4-5H,3H2,1-2H3,(H,12,14). The van der Waals surface area contributed by atoms with Crippen molar-refractivity contribution in [3.8, 4) is 0 Å². The molecule has 7 heteroatoms. The average Bonchev–Trinajstić information content (AvgIpc) is 2.87. The first-order valence-electron chi connectivity index (χ1n) is 4.89. The van der Waals surface area contributed by atoms with Gasteiger partial charge in [-0.3, -0.25) is 0 Å². The molecule has 0 aromatic carbocycles. The summed E-state index contributed by atoms with van der Waals surface area (Å²) in [6.07, 6.45) is 2.98. The number of aromatic nitrogens is 3. The Hall–Kier alpha value is -0.530. The molecule has 2 rings (SSSR count). The van der Waals surface area contributed by atoms with Crippen LogP contribution in [0.5, 0.6) is 0 Å². The molecule has 4 nitrogen and oxygen atoms in total. The fraction of sp³-hybridized carbons (Fsp3) is 0.444. The van der Waals surface area contributed by atoms with E-state index in [1.165, 1.54) is 16.2 Å². The molecule has 1 N–H and O–H groups in total. The molecule has 0 amide bonds. The van der Waals surface area contributed by atoms with E-state index >= 15 is 0 Å². The summed E-state index contributed by atoms with van der Waals surface area (Å²) in [7, 11) is 0. The SMILES string of the molecule is CCc1cnc(C(C)Nc2nnc(Br)s2)s1. The van der Waals surface area contributed by atoms with Crippen molar-refractivity contribution in [3.05, 3.63) is 20.0 Å². The van der Waals surface area contributed by atoms with E-state index in [0.717, 1.165) is 20.5 Å². The number of aryl methyl sites for hydroxylation is 1. The van der Waals surface area contributed by atoms with E-state index in [1.807, 2.05) is 6.20 Å². The highest BCUT2D eigenvalue weighted by molar-refractivity contribution is 9.11. The van der Waals surface area contributed by atoms with Crippen LogP contribution in [0.15, 0.2) is 10.1 Å². The predicted molar refractivity (Wildman–Crippen MR) is 71.1 cm³/mol. The third-order valence-electron chi connectivity index (χ3n) is 2.03. The van der Waals surface area contributed by atoms with E-state index in [2.05, 4.69) is 50.3 Å². The Labute approximate surface area is 110 Å². The lowest BCUT2D eigenvalue weighted by Crippen LogP contribution is -2.05. The number of nitrogens with zero attached hydrogens (tertiary/aromatic N) is 3. The van der Waals surface area contributed by atoms with Gasteiger partial charge in [0.05, 0.1) is 6.04 Å². The summed E-state index contributed by atoms with van der Waals surface area (Å²) in [4.78, 5) is 5.70. The smallest absolute Gasteiger partial charge is 0.207 e. The van der Waals surface area contributed by atoms with Gasteiger partial charge in [0.1, 0.15) is 5.01 Å². The second-order valence-electron chi connectivity index (χ2n) is 3.24. The van der Waals surface area contributed by atoms with Crippen LogP contribution in [0.4, 0.5) is 5.13 Å². The van der Waals surface area contributed by atoms with Crippen LogP contribution < -0.4 is 5.32 Å². The van der Waals surface area contributed by atoms with Crippen LogP contribution in [0, 0.1) is 0 Å².